The van der Waals surface area contributed by atoms with E-state index in [1.807, 2.05) is 0 Å². The predicted octanol–water partition coefficient (Wildman–Crippen LogP) is 3.26. The molecular formula is C18H28O4Si. The summed E-state index contributed by atoms with van der Waals surface area (Å²) in [5.74, 6) is 0.774. The largest absolute Gasteiger partial charge is 0.414 e. The van der Waals surface area contributed by atoms with Crippen molar-refractivity contribution in [2.75, 3.05) is 19.8 Å². The summed E-state index contributed by atoms with van der Waals surface area (Å²) in [6.45, 7) is 13.4. The third-order valence-corrected chi connectivity index (χ3v) is 10.8. The van der Waals surface area contributed by atoms with Gasteiger partial charge in [-0.25, -0.2) is 0 Å². The van der Waals surface area contributed by atoms with Gasteiger partial charge in [0.1, 0.15) is 6.10 Å². The van der Waals surface area contributed by atoms with Crippen LogP contribution in [0.5, 0.6) is 0 Å². The Morgan fingerprint density at radius 3 is 2.43 bits per heavy atom. The van der Waals surface area contributed by atoms with Crippen LogP contribution in [0, 0.1) is 11.8 Å². The summed E-state index contributed by atoms with van der Waals surface area (Å²) in [7, 11) is -1.79. The van der Waals surface area contributed by atoms with Gasteiger partial charge < -0.3 is 18.6 Å². The lowest BCUT2D eigenvalue weighted by atomic mass is 9.74. The zero-order chi connectivity index (χ0) is 16.4. The van der Waals surface area contributed by atoms with Crippen molar-refractivity contribution >= 4 is 8.32 Å². The van der Waals surface area contributed by atoms with E-state index in [1.54, 1.807) is 0 Å². The van der Waals surface area contributed by atoms with Crippen LogP contribution in [-0.2, 0) is 18.6 Å². The Balaban J connectivity index is 1.52. The molecule has 3 heterocycles. The van der Waals surface area contributed by atoms with Gasteiger partial charge in [0.05, 0.1) is 25.9 Å². The van der Waals surface area contributed by atoms with Crippen molar-refractivity contribution in [1.82, 2.24) is 0 Å². The Bertz CT molecular complexity index is 560. The van der Waals surface area contributed by atoms with Crippen molar-refractivity contribution in [3.63, 3.8) is 0 Å². The molecule has 3 saturated heterocycles. The van der Waals surface area contributed by atoms with Crippen LogP contribution in [0.15, 0.2) is 23.3 Å². The van der Waals surface area contributed by atoms with Crippen LogP contribution in [0.2, 0.25) is 18.1 Å². The van der Waals surface area contributed by atoms with E-state index in [-0.39, 0.29) is 23.5 Å². The van der Waals surface area contributed by atoms with Gasteiger partial charge in [-0.15, -0.1) is 0 Å². The molecule has 0 saturated carbocycles. The Hall–Kier alpha value is -0.463. The number of ether oxygens (including phenoxy) is 3. The average Bonchev–Trinajstić information content (AvgIpc) is 3.05. The second-order valence-corrected chi connectivity index (χ2v) is 13.5. The van der Waals surface area contributed by atoms with Gasteiger partial charge in [-0.1, -0.05) is 32.9 Å². The van der Waals surface area contributed by atoms with Gasteiger partial charge in [0.2, 0.25) is 0 Å². The van der Waals surface area contributed by atoms with E-state index >= 15 is 0 Å². The highest BCUT2D eigenvalue weighted by Crippen LogP contribution is 2.50. The van der Waals surface area contributed by atoms with Gasteiger partial charge in [-0.05, 0) is 29.3 Å². The maximum atomic E-state index is 6.41. The van der Waals surface area contributed by atoms with E-state index < -0.39 is 8.32 Å². The molecule has 4 aliphatic rings. The molecule has 4 nitrogen and oxygen atoms in total. The van der Waals surface area contributed by atoms with Gasteiger partial charge in [0.15, 0.2) is 14.6 Å². The molecule has 0 aromatic rings. The van der Waals surface area contributed by atoms with Gasteiger partial charge in [-0.2, -0.15) is 0 Å². The zero-order valence-corrected chi connectivity index (χ0v) is 15.8. The maximum absolute atomic E-state index is 6.41. The molecule has 128 valence electrons. The van der Waals surface area contributed by atoms with E-state index in [1.165, 1.54) is 11.1 Å². The van der Waals surface area contributed by atoms with Crippen molar-refractivity contribution in [2.45, 2.75) is 57.4 Å². The first kappa shape index (κ1) is 16.0. The predicted molar refractivity (Wildman–Crippen MR) is 90.6 cm³/mol. The lowest BCUT2D eigenvalue weighted by Gasteiger charge is -2.43. The van der Waals surface area contributed by atoms with E-state index in [2.05, 4.69) is 46.0 Å². The van der Waals surface area contributed by atoms with Gasteiger partial charge in [-0.3, -0.25) is 0 Å². The Morgan fingerprint density at radius 1 is 1.09 bits per heavy atom. The second kappa shape index (κ2) is 5.26. The molecule has 0 amide bonds. The highest BCUT2D eigenvalue weighted by atomic mass is 28.4. The topological polar surface area (TPSA) is 36.9 Å². The minimum Gasteiger partial charge on any atom is -0.414 e. The van der Waals surface area contributed by atoms with Gasteiger partial charge >= 0.3 is 0 Å². The van der Waals surface area contributed by atoms with Crippen LogP contribution in [0.3, 0.4) is 0 Å². The van der Waals surface area contributed by atoms with Crippen molar-refractivity contribution in [1.29, 1.82) is 0 Å². The third-order valence-electron chi connectivity index (χ3n) is 6.35. The first-order chi connectivity index (χ1) is 10.8. The summed E-state index contributed by atoms with van der Waals surface area (Å²) in [4.78, 5) is 0. The Morgan fingerprint density at radius 2 is 1.74 bits per heavy atom. The van der Waals surface area contributed by atoms with Crippen molar-refractivity contribution in [3.05, 3.63) is 23.3 Å². The monoisotopic (exact) mass is 336 g/mol. The van der Waals surface area contributed by atoms with E-state index in [0.717, 1.165) is 6.61 Å². The third kappa shape index (κ3) is 2.48. The number of hydrogen-bond acceptors (Lipinski definition) is 4. The smallest absolute Gasteiger partial charge is 0.192 e. The molecule has 0 N–H and O–H groups in total. The van der Waals surface area contributed by atoms with E-state index in [9.17, 15) is 0 Å². The van der Waals surface area contributed by atoms with Crippen LogP contribution in [0.4, 0.5) is 0 Å². The lowest BCUT2D eigenvalue weighted by molar-refractivity contribution is -0.233. The molecule has 3 aliphatic heterocycles. The fraction of sp³-hybridized carbons (Fsp3) is 0.778. The summed E-state index contributed by atoms with van der Waals surface area (Å²) in [5, 5.41) is 0.205. The highest BCUT2D eigenvalue weighted by Gasteiger charge is 2.56. The van der Waals surface area contributed by atoms with Crippen LogP contribution < -0.4 is 0 Å². The molecular weight excluding hydrogens is 308 g/mol. The number of hydrogen-bond donors (Lipinski definition) is 0. The fourth-order valence-corrected chi connectivity index (χ4v) is 4.89. The van der Waals surface area contributed by atoms with Crippen molar-refractivity contribution < 1.29 is 18.6 Å². The molecule has 0 unspecified atom stereocenters. The zero-order valence-electron chi connectivity index (χ0n) is 14.8. The maximum Gasteiger partial charge on any atom is 0.192 e. The van der Waals surface area contributed by atoms with Crippen LogP contribution in [-0.4, -0.2) is 46.6 Å². The normalized spacial score (nSPS) is 39.1. The van der Waals surface area contributed by atoms with Gasteiger partial charge in [0.25, 0.3) is 0 Å². The first-order valence-electron chi connectivity index (χ1n) is 8.70. The molecule has 3 fully saturated rings. The quantitative estimate of drug-likeness (QED) is 0.741. The van der Waals surface area contributed by atoms with Crippen molar-refractivity contribution in [2.24, 2.45) is 11.8 Å². The molecule has 23 heavy (non-hydrogen) atoms. The number of allylic oxidation sites excluding steroid dienone is 2. The minimum atomic E-state index is -1.79. The highest BCUT2D eigenvalue weighted by molar-refractivity contribution is 6.74. The fourth-order valence-electron chi connectivity index (χ4n) is 3.88. The van der Waals surface area contributed by atoms with E-state index in [0.29, 0.717) is 25.0 Å². The van der Waals surface area contributed by atoms with Gasteiger partial charge in [0, 0.05) is 11.8 Å². The summed E-state index contributed by atoms with van der Waals surface area (Å²) in [6.07, 6.45) is 4.40. The first-order valence-corrected chi connectivity index (χ1v) is 11.6. The molecule has 4 rings (SSSR count). The lowest BCUT2D eigenvalue weighted by Crippen LogP contribution is -2.53. The molecule has 5 heteroatoms. The van der Waals surface area contributed by atoms with Crippen LogP contribution >= 0.6 is 0 Å². The molecule has 5 atom stereocenters. The Kier molecular flexibility index (Phi) is 3.67. The number of rotatable bonds is 3. The molecule has 0 radical (unpaired) electrons. The summed E-state index contributed by atoms with van der Waals surface area (Å²) in [5.41, 5.74) is 2.77. The van der Waals surface area contributed by atoms with Crippen LogP contribution in [0.25, 0.3) is 0 Å². The average molecular weight is 337 g/mol. The standard InChI is InChI=1S/C18H28O4Si/c1-18(2,3)23(4,5)21-10-13-16-14-11(8-19-16)6-7-12-9-20-17(22-13)15(12)14/h6-7,13-17H,8-10H2,1-5H3/t13-,14+,15-,16-,17+/m1/s1. The second-order valence-electron chi connectivity index (χ2n) is 8.74. The summed E-state index contributed by atoms with van der Waals surface area (Å²) in [6, 6.07) is 0. The SMILES string of the molecule is CC(C)(C)[Si](C)(C)OC[C@H]1O[C@@H]2OCC3=CC=C4CO[C@H]1[C@@H]4[C@@H]32. The molecule has 0 bridgehead atoms. The summed E-state index contributed by atoms with van der Waals surface area (Å²) >= 11 is 0. The Labute approximate surface area is 139 Å². The molecule has 0 aromatic heterocycles. The molecule has 0 spiro atoms. The van der Waals surface area contributed by atoms with Crippen LogP contribution in [0.1, 0.15) is 20.8 Å². The molecule has 0 aromatic carbocycles. The van der Waals surface area contributed by atoms with E-state index in [4.69, 9.17) is 18.6 Å². The summed E-state index contributed by atoms with van der Waals surface area (Å²) < 4.78 is 24.7. The van der Waals surface area contributed by atoms with Crippen molar-refractivity contribution in [3.8, 4) is 0 Å². The molecule has 1 aliphatic carbocycles. The minimum absolute atomic E-state index is 0.0290.